The Bertz CT molecular complexity index is 1660. The Kier molecular flexibility index (Phi) is 13.8. The zero-order valence-electron chi connectivity index (χ0n) is 24.9. The van der Waals surface area contributed by atoms with Gasteiger partial charge in [-0.05, 0) is 53.9 Å². The van der Waals surface area contributed by atoms with E-state index in [2.05, 4.69) is 20.3 Å². The number of sulfonamides is 1. The van der Waals surface area contributed by atoms with Crippen LogP contribution in [0.4, 0.5) is 23.2 Å². The van der Waals surface area contributed by atoms with Gasteiger partial charge in [-0.1, -0.05) is 37.3 Å². The van der Waals surface area contributed by atoms with Gasteiger partial charge in [-0.3, -0.25) is 9.78 Å². The summed E-state index contributed by atoms with van der Waals surface area (Å²) in [5, 5.41) is 13.9. The number of halogens is 4. The number of benzene rings is 3. The number of nitrogens with one attached hydrogen (secondary N) is 3. The van der Waals surface area contributed by atoms with Crippen LogP contribution in [-0.2, 0) is 21.2 Å². The number of nitrogens with two attached hydrogens (primary N) is 1. The summed E-state index contributed by atoms with van der Waals surface area (Å²) in [6.45, 7) is 3.02. The number of carbonyl (C=O) groups excluding carboxylic acids is 1. The average Bonchev–Trinajstić information content (AvgIpc) is 3.02. The van der Waals surface area contributed by atoms with Gasteiger partial charge in [-0.2, -0.15) is 0 Å². The van der Waals surface area contributed by atoms with Crippen molar-refractivity contribution < 1.29 is 35.9 Å². The van der Waals surface area contributed by atoms with Gasteiger partial charge in [0.25, 0.3) is 0 Å². The van der Waals surface area contributed by atoms with Crippen molar-refractivity contribution in [2.45, 2.75) is 30.2 Å². The molecule has 0 bridgehead atoms. The lowest BCUT2D eigenvalue weighted by Crippen LogP contribution is -2.41. The van der Waals surface area contributed by atoms with Gasteiger partial charge in [-0.25, -0.2) is 30.7 Å². The van der Waals surface area contributed by atoms with Crippen LogP contribution < -0.4 is 21.1 Å². The van der Waals surface area contributed by atoms with Crippen molar-refractivity contribution in [3.63, 3.8) is 0 Å². The molecule has 0 fully saturated rings. The Morgan fingerprint density at radius 3 is 2.13 bits per heavy atom. The first kappa shape index (κ1) is 36.3. The van der Waals surface area contributed by atoms with Gasteiger partial charge < -0.3 is 21.5 Å². The molecule has 0 radical (unpaired) electrons. The molecule has 2 atom stereocenters. The Balaban J connectivity index is 0.000000304. The number of hydrogen-bond acceptors (Lipinski definition) is 7. The third kappa shape index (κ3) is 10.4. The van der Waals surface area contributed by atoms with Gasteiger partial charge in [0.05, 0.1) is 35.6 Å². The van der Waals surface area contributed by atoms with Gasteiger partial charge in [-0.15, -0.1) is 0 Å². The largest absolute Gasteiger partial charge is 0.395 e. The SMILES string of the molecule is CCc1c(F)cncc1NC(=O)C(N)C(c1ccc(F)cc1)c1cc(F)cc(F)c1.O=S(=O)(NCCNCCO)c1ccccc1. The van der Waals surface area contributed by atoms with Crippen molar-refractivity contribution in [2.24, 2.45) is 5.73 Å². The number of aliphatic hydroxyl groups is 1. The van der Waals surface area contributed by atoms with E-state index < -0.39 is 51.2 Å². The van der Waals surface area contributed by atoms with Crippen LogP contribution in [0, 0.1) is 23.3 Å². The summed E-state index contributed by atoms with van der Waals surface area (Å²) in [7, 11) is -3.40. The highest BCUT2D eigenvalue weighted by Crippen LogP contribution is 2.30. The predicted molar refractivity (Wildman–Crippen MR) is 166 cm³/mol. The lowest BCUT2D eigenvalue weighted by Gasteiger charge is -2.25. The van der Waals surface area contributed by atoms with Crippen molar-refractivity contribution in [1.29, 1.82) is 0 Å². The van der Waals surface area contributed by atoms with Crippen molar-refractivity contribution in [3.05, 3.63) is 125 Å². The summed E-state index contributed by atoms with van der Waals surface area (Å²) < 4.78 is 80.8. The van der Waals surface area contributed by atoms with E-state index in [1.165, 1.54) is 18.3 Å². The molecule has 1 amide bonds. The molecular formula is C32H35F4N5O4S. The molecule has 0 saturated carbocycles. The fourth-order valence-electron chi connectivity index (χ4n) is 4.49. The molecule has 246 valence electrons. The maximum atomic E-state index is 14.0. The van der Waals surface area contributed by atoms with E-state index in [9.17, 15) is 30.8 Å². The van der Waals surface area contributed by atoms with E-state index in [-0.39, 0.29) is 28.3 Å². The maximum Gasteiger partial charge on any atom is 0.242 e. The molecule has 14 heteroatoms. The highest BCUT2D eigenvalue weighted by molar-refractivity contribution is 7.89. The standard InChI is InChI=1S/C22H19F4N3O.C10H16N2O3S/c1-2-17-18(26)10-28-11-19(17)29-22(30)21(27)20(12-3-5-14(23)6-4-12)13-7-15(24)9-16(25)8-13;13-9-8-11-6-7-12-16(14,15)10-4-2-1-3-5-10/h3-11,20-21H,2,27H2,1H3,(H,29,30);1-5,11-13H,6-9H2. The van der Waals surface area contributed by atoms with E-state index in [1.54, 1.807) is 37.3 Å². The van der Waals surface area contributed by atoms with Crippen LogP contribution in [0.15, 0.2) is 90.1 Å². The first-order chi connectivity index (χ1) is 22.0. The Morgan fingerprint density at radius 1 is 0.870 bits per heavy atom. The summed E-state index contributed by atoms with van der Waals surface area (Å²) in [5.41, 5.74) is 7.07. The Morgan fingerprint density at radius 2 is 1.52 bits per heavy atom. The molecule has 4 rings (SSSR count). The van der Waals surface area contributed by atoms with Crippen LogP contribution in [0.3, 0.4) is 0 Å². The minimum absolute atomic E-state index is 0.0471. The first-order valence-corrected chi connectivity index (χ1v) is 15.7. The fraction of sp³-hybridized carbons (Fsp3) is 0.250. The number of pyridine rings is 1. The van der Waals surface area contributed by atoms with Crippen molar-refractivity contribution in [3.8, 4) is 0 Å². The van der Waals surface area contributed by atoms with Crippen molar-refractivity contribution in [2.75, 3.05) is 31.6 Å². The van der Waals surface area contributed by atoms with E-state index in [0.717, 1.165) is 30.5 Å². The number of carbonyl (C=O) groups is 1. The van der Waals surface area contributed by atoms with Gasteiger partial charge in [0, 0.05) is 37.2 Å². The number of hydrogen-bond donors (Lipinski definition) is 5. The number of aromatic nitrogens is 1. The number of rotatable bonds is 13. The minimum atomic E-state index is -3.40. The molecule has 0 saturated heterocycles. The number of aliphatic hydroxyl groups excluding tert-OH is 1. The molecule has 1 aromatic heterocycles. The molecule has 0 aliphatic heterocycles. The van der Waals surface area contributed by atoms with Crippen LogP contribution in [0.5, 0.6) is 0 Å². The molecule has 9 nitrogen and oxygen atoms in total. The summed E-state index contributed by atoms with van der Waals surface area (Å²) in [6, 6.07) is 14.8. The van der Waals surface area contributed by atoms with Gasteiger partial charge >= 0.3 is 0 Å². The van der Waals surface area contributed by atoms with E-state index in [0.29, 0.717) is 37.7 Å². The van der Waals surface area contributed by atoms with Crippen LogP contribution in [-0.4, -0.2) is 56.7 Å². The lowest BCUT2D eigenvalue weighted by molar-refractivity contribution is -0.117. The summed E-state index contributed by atoms with van der Waals surface area (Å²) >= 11 is 0. The second-order valence-electron chi connectivity index (χ2n) is 9.93. The second-order valence-corrected chi connectivity index (χ2v) is 11.7. The van der Waals surface area contributed by atoms with Crippen LogP contribution in [0.25, 0.3) is 0 Å². The third-order valence-corrected chi connectivity index (χ3v) is 8.16. The number of amides is 1. The molecule has 46 heavy (non-hydrogen) atoms. The molecule has 0 aliphatic carbocycles. The fourth-order valence-corrected chi connectivity index (χ4v) is 5.54. The first-order valence-electron chi connectivity index (χ1n) is 14.2. The van der Waals surface area contributed by atoms with E-state index in [4.69, 9.17) is 10.8 Å². The zero-order valence-corrected chi connectivity index (χ0v) is 25.7. The van der Waals surface area contributed by atoms with Crippen LogP contribution in [0.1, 0.15) is 29.5 Å². The van der Waals surface area contributed by atoms with Gasteiger partial charge in [0.15, 0.2) is 0 Å². The van der Waals surface area contributed by atoms with Crippen molar-refractivity contribution in [1.82, 2.24) is 15.0 Å². The molecule has 4 aromatic rings. The summed E-state index contributed by atoms with van der Waals surface area (Å²) in [6.07, 6.45) is 2.63. The molecule has 1 heterocycles. The molecule has 0 spiro atoms. The molecular weight excluding hydrogens is 626 g/mol. The average molecular weight is 662 g/mol. The predicted octanol–water partition coefficient (Wildman–Crippen LogP) is 3.85. The molecule has 6 N–H and O–H groups in total. The highest BCUT2D eigenvalue weighted by Gasteiger charge is 2.29. The van der Waals surface area contributed by atoms with E-state index in [1.807, 2.05) is 0 Å². The van der Waals surface area contributed by atoms with Crippen LogP contribution in [0.2, 0.25) is 0 Å². The smallest absolute Gasteiger partial charge is 0.242 e. The zero-order chi connectivity index (χ0) is 33.7. The Labute approximate surface area is 264 Å². The highest BCUT2D eigenvalue weighted by atomic mass is 32.2. The molecule has 0 aliphatic rings. The Hall–Kier alpha value is -4.21. The molecule has 3 aromatic carbocycles. The summed E-state index contributed by atoms with van der Waals surface area (Å²) in [5.74, 6) is -4.47. The lowest BCUT2D eigenvalue weighted by atomic mass is 9.84. The number of anilines is 1. The minimum Gasteiger partial charge on any atom is -0.395 e. The number of nitrogens with zero attached hydrogens (tertiary/aromatic N) is 1. The van der Waals surface area contributed by atoms with Crippen molar-refractivity contribution >= 4 is 21.6 Å². The van der Waals surface area contributed by atoms with E-state index >= 15 is 0 Å². The third-order valence-electron chi connectivity index (χ3n) is 6.69. The molecule has 2 unspecified atom stereocenters. The van der Waals surface area contributed by atoms with Crippen LogP contribution >= 0.6 is 0 Å². The maximum absolute atomic E-state index is 14.0. The topological polar surface area (TPSA) is 146 Å². The summed E-state index contributed by atoms with van der Waals surface area (Å²) in [4.78, 5) is 16.9. The van der Waals surface area contributed by atoms with Gasteiger partial charge in [0.2, 0.25) is 15.9 Å². The normalized spacial score (nSPS) is 12.5. The quantitative estimate of drug-likeness (QED) is 0.108. The van der Waals surface area contributed by atoms with Gasteiger partial charge in [0.1, 0.15) is 23.3 Å². The monoisotopic (exact) mass is 661 g/mol. The second kappa shape index (κ2) is 17.5.